The van der Waals surface area contributed by atoms with Crippen LogP contribution in [0.1, 0.15) is 11.4 Å². The van der Waals surface area contributed by atoms with Crippen LogP contribution in [0.5, 0.6) is 0 Å². The molecule has 0 radical (unpaired) electrons. The third kappa shape index (κ3) is 1.83. The Labute approximate surface area is 91.1 Å². The Bertz CT molecular complexity index is 518. The highest BCUT2D eigenvalue weighted by Crippen LogP contribution is 2.33. The van der Waals surface area contributed by atoms with E-state index < -0.39 is 11.7 Å². The minimum absolute atomic E-state index is 0.178. The number of alkyl halides is 3. The maximum Gasteiger partial charge on any atom is 0.420 e. The molecule has 7 heteroatoms. The van der Waals surface area contributed by atoms with Crippen molar-refractivity contribution in [2.75, 3.05) is 0 Å². The van der Waals surface area contributed by atoms with Crippen molar-refractivity contribution in [1.29, 1.82) is 0 Å². The molecule has 2 aromatic rings. The molecule has 0 fully saturated rings. The lowest BCUT2D eigenvalue weighted by molar-refractivity contribution is -0.136. The molecule has 0 unspecified atom stereocenters. The van der Waals surface area contributed by atoms with Gasteiger partial charge in [0.05, 0.1) is 0 Å². The summed E-state index contributed by atoms with van der Waals surface area (Å²) in [5.41, 5.74) is -0.972. The first-order valence-corrected chi connectivity index (χ1v) is 4.77. The van der Waals surface area contributed by atoms with Gasteiger partial charge in [0.2, 0.25) is 0 Å². The van der Waals surface area contributed by atoms with Crippen molar-refractivity contribution in [3.05, 3.63) is 28.1 Å². The summed E-state index contributed by atoms with van der Waals surface area (Å²) in [5.74, 6) is 0.304. The van der Waals surface area contributed by atoms with E-state index in [4.69, 9.17) is 0 Å². The molecule has 0 saturated carbocycles. The Balaban J connectivity index is 2.82. The molecule has 0 spiro atoms. The van der Waals surface area contributed by atoms with Crippen LogP contribution in [-0.2, 0) is 6.18 Å². The highest BCUT2D eigenvalue weighted by molar-refractivity contribution is 9.10. The van der Waals surface area contributed by atoms with Crippen molar-refractivity contribution >= 4 is 21.6 Å². The molecule has 2 rings (SSSR count). The molecule has 2 aromatic heterocycles. The Hall–Kier alpha value is -1.11. The van der Waals surface area contributed by atoms with Crippen molar-refractivity contribution < 1.29 is 13.2 Å². The molecule has 0 saturated heterocycles. The van der Waals surface area contributed by atoms with Gasteiger partial charge in [-0.3, -0.25) is 0 Å². The van der Waals surface area contributed by atoms with Crippen molar-refractivity contribution in [1.82, 2.24) is 14.6 Å². The minimum atomic E-state index is -4.43. The Kier molecular flexibility index (Phi) is 2.22. The number of hydrogen-bond acceptors (Lipinski definition) is 2. The zero-order valence-corrected chi connectivity index (χ0v) is 9.09. The first kappa shape index (κ1) is 10.4. The summed E-state index contributed by atoms with van der Waals surface area (Å²) in [6, 6.07) is 0.990. The van der Waals surface area contributed by atoms with E-state index in [1.165, 1.54) is 6.20 Å². The van der Waals surface area contributed by atoms with Crippen molar-refractivity contribution in [2.45, 2.75) is 13.1 Å². The zero-order valence-electron chi connectivity index (χ0n) is 7.51. The summed E-state index contributed by atoms with van der Waals surface area (Å²) < 4.78 is 39.2. The predicted octanol–water partition coefficient (Wildman–Crippen LogP) is 2.82. The van der Waals surface area contributed by atoms with Crippen LogP contribution in [0.15, 0.2) is 16.7 Å². The quantitative estimate of drug-likeness (QED) is 0.742. The summed E-state index contributed by atoms with van der Waals surface area (Å²) in [4.78, 5) is 3.73. The van der Waals surface area contributed by atoms with Crippen molar-refractivity contribution in [3.63, 3.8) is 0 Å². The number of fused-ring (bicyclic) bond motifs is 1. The Morgan fingerprint density at radius 2 is 2.07 bits per heavy atom. The van der Waals surface area contributed by atoms with Crippen LogP contribution >= 0.6 is 15.9 Å². The summed E-state index contributed by atoms with van der Waals surface area (Å²) in [5, 5.41) is 3.82. The monoisotopic (exact) mass is 279 g/mol. The molecule has 0 bridgehead atoms. The van der Waals surface area contributed by atoms with E-state index in [9.17, 15) is 13.2 Å². The van der Waals surface area contributed by atoms with Gasteiger partial charge >= 0.3 is 6.18 Å². The molecular formula is C8H5BrF3N3. The van der Waals surface area contributed by atoms with Crippen LogP contribution in [0.2, 0.25) is 0 Å². The van der Waals surface area contributed by atoms with Gasteiger partial charge in [-0.05, 0) is 28.9 Å². The molecule has 3 nitrogen and oxygen atoms in total. The Morgan fingerprint density at radius 3 is 2.67 bits per heavy atom. The molecule has 0 aliphatic carbocycles. The molecule has 2 heterocycles. The van der Waals surface area contributed by atoms with Crippen LogP contribution in [-0.4, -0.2) is 14.6 Å². The van der Waals surface area contributed by atoms with Crippen molar-refractivity contribution in [2.24, 2.45) is 0 Å². The van der Waals surface area contributed by atoms with Crippen LogP contribution < -0.4 is 0 Å². The fourth-order valence-corrected chi connectivity index (χ4v) is 1.69. The van der Waals surface area contributed by atoms with Crippen molar-refractivity contribution in [3.8, 4) is 0 Å². The van der Waals surface area contributed by atoms with Gasteiger partial charge in [-0.15, -0.1) is 0 Å². The zero-order chi connectivity index (χ0) is 11.2. The van der Waals surface area contributed by atoms with E-state index in [1.807, 2.05) is 0 Å². The molecular weight excluding hydrogens is 275 g/mol. The lowest BCUT2D eigenvalue weighted by Gasteiger charge is -2.07. The smallest absolute Gasteiger partial charge is 0.219 e. The summed E-state index contributed by atoms with van der Waals surface area (Å²) in [7, 11) is 0. The molecule has 0 aliphatic heterocycles. The molecule has 0 N–H and O–H groups in total. The molecule has 80 valence electrons. The molecule has 0 atom stereocenters. The first-order valence-electron chi connectivity index (χ1n) is 3.97. The highest BCUT2D eigenvalue weighted by Gasteiger charge is 2.34. The fraction of sp³-hybridized carbons (Fsp3) is 0.250. The molecule has 15 heavy (non-hydrogen) atoms. The Morgan fingerprint density at radius 1 is 1.40 bits per heavy atom. The summed E-state index contributed by atoms with van der Waals surface area (Å²) in [6.07, 6.45) is -2.99. The fourth-order valence-electron chi connectivity index (χ4n) is 1.27. The minimum Gasteiger partial charge on any atom is -0.219 e. The second kappa shape index (κ2) is 3.19. The van der Waals surface area contributed by atoms with E-state index in [-0.39, 0.29) is 5.65 Å². The average molecular weight is 280 g/mol. The van der Waals surface area contributed by atoms with Gasteiger partial charge in [0.25, 0.3) is 0 Å². The standard InChI is InChI=1S/C8H5BrF3N3/c1-4-13-7-6(8(10,11)12)2-5(9)3-15(7)14-4/h2-3H,1H3. The van der Waals surface area contributed by atoms with E-state index in [0.717, 1.165) is 10.6 Å². The molecule has 0 amide bonds. The van der Waals surface area contributed by atoms with Crippen LogP contribution in [0.4, 0.5) is 13.2 Å². The number of aryl methyl sites for hydroxylation is 1. The number of hydrogen-bond donors (Lipinski definition) is 0. The molecule has 0 aromatic carbocycles. The number of aromatic nitrogens is 3. The highest BCUT2D eigenvalue weighted by atomic mass is 79.9. The SMILES string of the molecule is Cc1nc2c(C(F)(F)F)cc(Br)cn2n1. The van der Waals surface area contributed by atoms with Crippen LogP contribution in [0.25, 0.3) is 5.65 Å². The first-order chi connectivity index (χ1) is 6.88. The second-order valence-electron chi connectivity index (χ2n) is 3.00. The van der Waals surface area contributed by atoms with Gasteiger partial charge < -0.3 is 0 Å². The van der Waals surface area contributed by atoms with Gasteiger partial charge in [-0.2, -0.15) is 18.3 Å². The lowest BCUT2D eigenvalue weighted by atomic mass is 10.2. The maximum absolute atomic E-state index is 12.6. The number of rotatable bonds is 0. The van der Waals surface area contributed by atoms with E-state index in [2.05, 4.69) is 26.0 Å². The largest absolute Gasteiger partial charge is 0.420 e. The van der Waals surface area contributed by atoms with E-state index >= 15 is 0 Å². The second-order valence-corrected chi connectivity index (χ2v) is 3.91. The van der Waals surface area contributed by atoms with Crippen LogP contribution in [0.3, 0.4) is 0 Å². The van der Waals surface area contributed by atoms with Gasteiger partial charge in [0.1, 0.15) is 11.4 Å². The molecule has 0 aliphatic rings. The third-order valence-corrected chi connectivity index (χ3v) is 2.24. The van der Waals surface area contributed by atoms with E-state index in [1.54, 1.807) is 6.92 Å². The van der Waals surface area contributed by atoms with Gasteiger partial charge in [-0.1, -0.05) is 0 Å². The lowest BCUT2D eigenvalue weighted by Crippen LogP contribution is -2.08. The maximum atomic E-state index is 12.6. The number of halogens is 4. The topological polar surface area (TPSA) is 30.2 Å². The van der Waals surface area contributed by atoms with Gasteiger partial charge in [-0.25, -0.2) is 9.50 Å². The normalized spacial score (nSPS) is 12.3. The predicted molar refractivity (Wildman–Crippen MR) is 50.4 cm³/mol. The van der Waals surface area contributed by atoms with Crippen LogP contribution in [0, 0.1) is 6.92 Å². The third-order valence-electron chi connectivity index (χ3n) is 1.81. The van der Waals surface area contributed by atoms with Gasteiger partial charge in [0.15, 0.2) is 5.65 Å². The summed E-state index contributed by atoms with van der Waals surface area (Å²) >= 11 is 3.00. The van der Waals surface area contributed by atoms with E-state index in [0.29, 0.717) is 10.3 Å². The number of nitrogens with zero attached hydrogens (tertiary/aromatic N) is 3. The average Bonchev–Trinajstić information content (AvgIpc) is 2.41. The summed E-state index contributed by atoms with van der Waals surface area (Å²) in [6.45, 7) is 1.54. The van der Waals surface area contributed by atoms with Gasteiger partial charge in [0, 0.05) is 10.7 Å². The number of pyridine rings is 1.